The van der Waals surface area contributed by atoms with Crippen LogP contribution < -0.4 is 42.4 Å². The molecule has 0 aliphatic heterocycles. The summed E-state index contributed by atoms with van der Waals surface area (Å²) in [7, 11) is -25.9. The molecular formula is C88H78Ag2F12N6O2P6+4. The number of hydrogen-bond donors (Lipinski definition) is 0. The zero-order chi connectivity index (χ0) is 82.4. The van der Waals surface area contributed by atoms with Crippen LogP contribution in [0.1, 0.15) is 27.7 Å². The maximum Gasteiger partial charge on any atom is 1.00 e. The van der Waals surface area contributed by atoms with Gasteiger partial charge in [-0.25, -0.2) is 9.97 Å². The van der Waals surface area contributed by atoms with Crippen LogP contribution in [0.2, 0.25) is 0 Å². The van der Waals surface area contributed by atoms with Crippen molar-refractivity contribution in [2.75, 3.05) is 0 Å². The van der Waals surface area contributed by atoms with Gasteiger partial charge in [0.05, 0.1) is 45.6 Å². The molecule has 6 aromatic heterocycles. The van der Waals surface area contributed by atoms with E-state index < -0.39 is 47.3 Å². The van der Waals surface area contributed by atoms with Gasteiger partial charge >= 0.3 is 111 Å². The normalized spacial score (nSPS) is 11.5. The molecule has 0 unspecified atom stereocenters. The first-order chi connectivity index (χ1) is 54.1. The molecule has 0 spiro atoms. The Morgan fingerprint density at radius 3 is 0.457 bits per heavy atom. The summed E-state index contributed by atoms with van der Waals surface area (Å²) < 4.78 is 118. The third-order valence-corrected chi connectivity index (χ3v) is 23.6. The number of aromatic nitrogens is 6. The van der Waals surface area contributed by atoms with Crippen molar-refractivity contribution in [1.82, 2.24) is 29.9 Å². The molecule has 0 fully saturated rings. The third kappa shape index (κ3) is 41.3. The van der Waals surface area contributed by atoms with Crippen molar-refractivity contribution in [2.45, 2.75) is 27.7 Å². The van der Waals surface area contributed by atoms with Crippen molar-refractivity contribution in [1.29, 1.82) is 0 Å². The molecule has 116 heavy (non-hydrogen) atoms. The molecule has 604 valence electrons. The molecule has 8 aromatic carbocycles. The number of carbonyl (C=O) groups is 2. The Kier molecular flexibility index (Phi) is 38.2. The monoisotopic (exact) mass is 1880 g/mol. The maximum atomic E-state index is 9.87. The molecular weight excluding hydrogens is 1800 g/mol. The van der Waals surface area contributed by atoms with E-state index in [1.807, 2.05) is 109 Å². The molecule has 0 bridgehead atoms. The molecule has 0 aliphatic rings. The van der Waals surface area contributed by atoms with Crippen LogP contribution in [0.15, 0.2) is 377 Å². The van der Waals surface area contributed by atoms with Crippen LogP contribution in [-0.2, 0) is 54.3 Å². The van der Waals surface area contributed by atoms with Crippen molar-refractivity contribution in [3.8, 4) is 68.2 Å². The van der Waals surface area contributed by atoms with E-state index in [0.717, 1.165) is 45.6 Å². The van der Waals surface area contributed by atoms with Crippen LogP contribution in [0.5, 0.6) is 0 Å². The van der Waals surface area contributed by atoms with E-state index in [-0.39, 0.29) is 56.3 Å². The summed E-state index contributed by atoms with van der Waals surface area (Å²) in [5, 5.41) is 10.7. The second-order valence-electron chi connectivity index (χ2n) is 24.3. The minimum atomic E-state index is -10.7. The van der Waals surface area contributed by atoms with Crippen LogP contribution in [0.25, 0.3) is 45.6 Å². The average molecular weight is 1880 g/mol. The number of carbonyl (C=O) groups excluding carboxylic acids is 2. The Bertz CT molecular complexity index is 4560. The molecule has 0 aliphatic carbocycles. The van der Waals surface area contributed by atoms with Crippen LogP contribution in [0.3, 0.4) is 0 Å². The molecule has 8 nitrogen and oxygen atoms in total. The molecule has 6 heterocycles. The summed E-state index contributed by atoms with van der Waals surface area (Å²) in [5.41, 5.74) is 21.9. The summed E-state index contributed by atoms with van der Waals surface area (Å²) in [6, 6.07) is 121. The van der Waals surface area contributed by atoms with Gasteiger partial charge in [0.1, 0.15) is 108 Å². The van der Waals surface area contributed by atoms with Crippen molar-refractivity contribution in [3.05, 3.63) is 377 Å². The Labute approximate surface area is 703 Å². The number of benzene rings is 8. The molecule has 0 saturated heterocycles. The number of halogens is 12. The standard InChI is InChI=1S/2C26H20P2.2C15H11N3.2C3H6O.2Ag.2F6P/c2*1-5-13-23(14-6-1)27(24-15-7-2-8-16-24)21-22-28(25-17-9-3-10-18-25)26-19-11-4-12-20-26;2*1-3-10-16-12(6-1)14-8-5-9-15(18-14)13-7-2-4-11-17-13;2*1-3(2)4;;;2*1-7(2,3,4,5)6/h2*1-20H;2*1-11H;2*1-2H3;;;;/q;;;;;;2*+1;2*-1/p+4. The zero-order valence-corrected chi connectivity index (χ0v) is 71.1. The van der Waals surface area contributed by atoms with Crippen LogP contribution in [-0.4, -0.2) is 41.5 Å². The van der Waals surface area contributed by atoms with Gasteiger partial charge in [0.15, 0.2) is 0 Å². The fourth-order valence-electron chi connectivity index (χ4n) is 9.83. The van der Waals surface area contributed by atoms with E-state index in [0.29, 0.717) is 0 Å². The Hall–Kier alpha value is -9.66. The van der Waals surface area contributed by atoms with Gasteiger partial charge in [-0.1, -0.05) is 182 Å². The second kappa shape index (κ2) is 45.7. The summed E-state index contributed by atoms with van der Waals surface area (Å²) in [6.45, 7) is 6.11. The van der Waals surface area contributed by atoms with E-state index in [1.165, 1.54) is 70.1 Å². The summed E-state index contributed by atoms with van der Waals surface area (Å²) >= 11 is 0. The van der Waals surface area contributed by atoms with Gasteiger partial charge in [0, 0.05) is 24.8 Å². The minimum absolute atomic E-state index is 0. The predicted molar refractivity (Wildman–Crippen MR) is 459 cm³/mol. The summed E-state index contributed by atoms with van der Waals surface area (Å²) in [4.78, 5) is 45.3. The number of Topliss-reactive ketones (excluding diaryl/α,β-unsaturated/α-hetero) is 2. The van der Waals surface area contributed by atoms with Crippen molar-refractivity contribution in [2.24, 2.45) is 0 Å². The van der Waals surface area contributed by atoms with Crippen LogP contribution >= 0.6 is 47.3 Å². The van der Waals surface area contributed by atoms with Gasteiger partial charge in [0.25, 0.3) is 0 Å². The predicted octanol–water partition coefficient (Wildman–Crippen LogP) is 23.6. The molecule has 14 aromatic rings. The maximum absolute atomic E-state index is 10.7. The molecule has 0 saturated carbocycles. The first-order valence-corrected chi connectivity index (χ1v) is 44.7. The molecule has 0 N–H and O–H groups in total. The Morgan fingerprint density at radius 1 is 0.216 bits per heavy atom. The number of pyridine rings is 6. The van der Waals surface area contributed by atoms with Gasteiger partial charge in [-0.05, 0) is 198 Å². The van der Waals surface area contributed by atoms with Gasteiger partial charge in [-0.3, -0.25) is 19.9 Å². The van der Waals surface area contributed by atoms with Gasteiger partial charge in [0.2, 0.25) is 0 Å². The molecule has 0 amide bonds. The zero-order valence-electron chi connectivity index (χ0n) is 62.3. The first kappa shape index (κ1) is 96.9. The second-order valence-corrected chi connectivity index (χ2v) is 36.8. The molecule has 28 heteroatoms. The van der Waals surface area contributed by atoms with Crippen molar-refractivity contribution in [3.63, 3.8) is 0 Å². The van der Waals surface area contributed by atoms with Gasteiger partial charge in [-0.15, -0.1) is 0 Å². The number of ketones is 2. The fraction of sp³-hybridized carbons (Fsp3) is 0.0455. The largest absolute Gasteiger partial charge is 1.00 e. The Morgan fingerprint density at radius 2 is 0.336 bits per heavy atom. The minimum Gasteiger partial charge on any atom is -0.255 e. The number of nitrogens with zero attached hydrogens (tertiary/aromatic N) is 6. The summed E-state index contributed by atoms with van der Waals surface area (Å²) in [6.07, 6.45) is 7.07. The summed E-state index contributed by atoms with van der Waals surface area (Å²) in [5.74, 6) is 0.333. The number of hydrogen-bond acceptors (Lipinski definition) is 8. The van der Waals surface area contributed by atoms with Crippen molar-refractivity contribution < 1.29 is 105 Å². The topological polar surface area (TPSA) is 111 Å². The van der Waals surface area contributed by atoms with E-state index >= 15 is 0 Å². The fourth-order valence-corrected chi connectivity index (χ4v) is 18.5. The average Bonchev–Trinajstić information content (AvgIpc) is 0.789. The smallest absolute Gasteiger partial charge is 0.255 e. The van der Waals surface area contributed by atoms with Crippen LogP contribution in [0.4, 0.5) is 50.4 Å². The third-order valence-electron chi connectivity index (χ3n) is 14.3. The van der Waals surface area contributed by atoms with E-state index in [9.17, 15) is 60.0 Å². The SMILES string of the molecule is C(#C[PH+](c1ccccc1)c1ccccc1)[PH+](c1ccccc1)c1ccccc1.C(#C[PH+](c1ccccc1)c1ccccc1)[PH+](c1ccccc1)c1ccccc1.CC(C)=O.CC(C)=O.F[P-](F)(F)(F)(F)F.F[P-](F)(F)(F)(F)F.[Ag+].[Ag+].c1ccc(-c2cccc(-c3ccccn3)n2)nc1.c1ccc(-c2cccc(-c3ccccn3)n2)nc1. The van der Waals surface area contributed by atoms with Gasteiger partial charge < -0.3 is 9.59 Å². The van der Waals surface area contributed by atoms with Gasteiger partial charge in [-0.2, -0.15) is 0 Å². The molecule has 14 rings (SSSR count). The van der Waals surface area contributed by atoms with E-state index in [4.69, 9.17) is 0 Å². The van der Waals surface area contributed by atoms with Crippen LogP contribution in [0, 0.1) is 22.6 Å². The van der Waals surface area contributed by atoms with E-state index in [1.54, 1.807) is 24.8 Å². The first-order valence-electron chi connectivity index (χ1n) is 34.7. The quantitative estimate of drug-likeness (QED) is 0.0515. The molecule has 0 radical (unpaired) electrons. The molecule has 0 atom stereocenters. The van der Waals surface area contributed by atoms with E-state index in [2.05, 4.69) is 295 Å². The Balaban J connectivity index is 0.000000255. The van der Waals surface area contributed by atoms with Crippen molar-refractivity contribution >= 4 is 101 Å². The number of rotatable bonds is 12.